The number of rotatable bonds is 3. The van der Waals surface area contributed by atoms with Gasteiger partial charge in [-0.05, 0) is 37.6 Å². The van der Waals surface area contributed by atoms with Crippen LogP contribution in [0.1, 0.15) is 19.0 Å². The molecule has 1 aromatic carbocycles. The number of nitrogens with one attached hydrogen (secondary N) is 1. The van der Waals surface area contributed by atoms with E-state index in [0.717, 1.165) is 40.3 Å². The Morgan fingerprint density at radius 1 is 1.31 bits per heavy atom. The average Bonchev–Trinajstić information content (AvgIpc) is 2.26. The average molecular weight is 235 g/mol. The van der Waals surface area contributed by atoms with Gasteiger partial charge >= 0.3 is 0 Å². The zero-order valence-corrected chi connectivity index (χ0v) is 10.3. The Morgan fingerprint density at radius 3 is 2.88 bits per heavy atom. The Morgan fingerprint density at radius 2 is 2.12 bits per heavy atom. The zero-order valence-electron chi connectivity index (χ0n) is 9.55. The summed E-state index contributed by atoms with van der Waals surface area (Å²) >= 11 is 6.01. The van der Waals surface area contributed by atoms with E-state index in [-0.39, 0.29) is 0 Å². The summed E-state index contributed by atoms with van der Waals surface area (Å²) in [6, 6.07) is 7.86. The van der Waals surface area contributed by atoms with Crippen molar-refractivity contribution in [2.24, 2.45) is 0 Å². The molecule has 0 spiro atoms. The number of aryl methyl sites for hydroxylation is 1. The number of hydrogen-bond acceptors (Lipinski definition) is 2. The molecule has 0 amide bonds. The van der Waals surface area contributed by atoms with Gasteiger partial charge in [-0.15, -0.1) is 0 Å². The molecule has 0 radical (unpaired) electrons. The molecule has 0 bridgehead atoms. The van der Waals surface area contributed by atoms with E-state index in [1.54, 1.807) is 0 Å². The molecule has 2 aromatic rings. The highest BCUT2D eigenvalue weighted by Gasteiger charge is 2.03. The van der Waals surface area contributed by atoms with Crippen molar-refractivity contribution in [3.05, 3.63) is 35.0 Å². The van der Waals surface area contributed by atoms with E-state index in [1.807, 2.05) is 25.1 Å². The second kappa shape index (κ2) is 4.71. The molecule has 0 aliphatic heterocycles. The van der Waals surface area contributed by atoms with Crippen LogP contribution < -0.4 is 5.32 Å². The Hall–Kier alpha value is -1.28. The van der Waals surface area contributed by atoms with Crippen LogP contribution in [0.3, 0.4) is 0 Å². The van der Waals surface area contributed by atoms with Crippen molar-refractivity contribution >= 4 is 28.2 Å². The van der Waals surface area contributed by atoms with E-state index >= 15 is 0 Å². The standard InChI is InChI=1S/C13H15ClN2/c1-3-6-15-13-7-9(2)16-12-5-4-10(14)8-11(12)13/h4-5,7-8H,3,6H2,1-2H3,(H,15,16). The molecule has 0 aliphatic rings. The van der Waals surface area contributed by atoms with E-state index in [9.17, 15) is 0 Å². The van der Waals surface area contributed by atoms with Crippen LogP contribution >= 0.6 is 11.6 Å². The number of benzene rings is 1. The normalized spacial score (nSPS) is 10.7. The van der Waals surface area contributed by atoms with Gasteiger partial charge in [-0.3, -0.25) is 4.98 Å². The first-order chi connectivity index (χ1) is 7.70. The van der Waals surface area contributed by atoms with E-state index in [2.05, 4.69) is 23.3 Å². The fraction of sp³-hybridized carbons (Fsp3) is 0.308. The van der Waals surface area contributed by atoms with Crippen LogP contribution in [-0.4, -0.2) is 11.5 Å². The van der Waals surface area contributed by atoms with Gasteiger partial charge in [0.05, 0.1) is 5.52 Å². The van der Waals surface area contributed by atoms with Gasteiger partial charge in [0.25, 0.3) is 0 Å². The number of hydrogen-bond donors (Lipinski definition) is 1. The molecule has 0 atom stereocenters. The molecular weight excluding hydrogens is 220 g/mol. The van der Waals surface area contributed by atoms with E-state index in [1.165, 1.54) is 0 Å². The monoisotopic (exact) mass is 234 g/mol. The third-order valence-corrected chi connectivity index (χ3v) is 2.70. The van der Waals surface area contributed by atoms with Gasteiger partial charge in [-0.25, -0.2) is 0 Å². The van der Waals surface area contributed by atoms with Crippen molar-refractivity contribution in [2.75, 3.05) is 11.9 Å². The number of anilines is 1. The summed E-state index contributed by atoms with van der Waals surface area (Å²) in [6.45, 7) is 5.12. The van der Waals surface area contributed by atoms with Crippen molar-refractivity contribution in [1.29, 1.82) is 0 Å². The summed E-state index contributed by atoms with van der Waals surface area (Å²) in [4.78, 5) is 4.49. The second-order valence-corrected chi connectivity index (χ2v) is 4.34. The summed E-state index contributed by atoms with van der Waals surface area (Å²) < 4.78 is 0. The molecule has 84 valence electrons. The van der Waals surface area contributed by atoms with Crippen molar-refractivity contribution in [1.82, 2.24) is 4.98 Å². The molecular formula is C13H15ClN2. The van der Waals surface area contributed by atoms with Gasteiger partial charge in [-0.2, -0.15) is 0 Å². The Kier molecular flexibility index (Phi) is 3.30. The molecule has 0 saturated carbocycles. The molecule has 3 heteroatoms. The van der Waals surface area contributed by atoms with Crippen LogP contribution in [-0.2, 0) is 0 Å². The van der Waals surface area contributed by atoms with Crippen LogP contribution in [0.5, 0.6) is 0 Å². The first kappa shape index (κ1) is 11.2. The fourth-order valence-corrected chi connectivity index (χ4v) is 1.91. The molecule has 2 rings (SSSR count). The Balaban J connectivity index is 2.55. The van der Waals surface area contributed by atoms with Gasteiger partial charge in [0.2, 0.25) is 0 Å². The molecule has 1 N–H and O–H groups in total. The number of halogens is 1. The number of fused-ring (bicyclic) bond motifs is 1. The second-order valence-electron chi connectivity index (χ2n) is 3.90. The molecule has 0 fully saturated rings. The molecule has 1 aromatic heterocycles. The van der Waals surface area contributed by atoms with Crippen LogP contribution in [0.2, 0.25) is 5.02 Å². The number of aromatic nitrogens is 1. The predicted molar refractivity (Wildman–Crippen MR) is 70.3 cm³/mol. The van der Waals surface area contributed by atoms with Gasteiger partial charge in [0.15, 0.2) is 0 Å². The molecule has 0 saturated heterocycles. The van der Waals surface area contributed by atoms with Crippen LogP contribution in [0, 0.1) is 6.92 Å². The minimum Gasteiger partial charge on any atom is -0.384 e. The van der Waals surface area contributed by atoms with Gasteiger partial charge in [0, 0.05) is 28.3 Å². The van der Waals surface area contributed by atoms with Crippen molar-refractivity contribution < 1.29 is 0 Å². The fourth-order valence-electron chi connectivity index (χ4n) is 1.74. The molecule has 0 unspecified atom stereocenters. The summed E-state index contributed by atoms with van der Waals surface area (Å²) in [6.07, 6.45) is 1.10. The highest BCUT2D eigenvalue weighted by Crippen LogP contribution is 2.26. The van der Waals surface area contributed by atoms with E-state index < -0.39 is 0 Å². The highest BCUT2D eigenvalue weighted by molar-refractivity contribution is 6.31. The molecule has 2 nitrogen and oxygen atoms in total. The maximum Gasteiger partial charge on any atom is 0.0726 e. The maximum absolute atomic E-state index is 6.01. The first-order valence-electron chi connectivity index (χ1n) is 5.51. The summed E-state index contributed by atoms with van der Waals surface area (Å²) in [5.41, 5.74) is 3.13. The van der Waals surface area contributed by atoms with Crippen molar-refractivity contribution in [3.63, 3.8) is 0 Å². The van der Waals surface area contributed by atoms with Gasteiger partial charge in [-0.1, -0.05) is 18.5 Å². The predicted octanol–water partition coefficient (Wildman–Crippen LogP) is 4.02. The lowest BCUT2D eigenvalue weighted by molar-refractivity contribution is 0.980. The number of pyridine rings is 1. The van der Waals surface area contributed by atoms with E-state index in [0.29, 0.717) is 0 Å². The highest BCUT2D eigenvalue weighted by atomic mass is 35.5. The van der Waals surface area contributed by atoms with Crippen molar-refractivity contribution in [2.45, 2.75) is 20.3 Å². The van der Waals surface area contributed by atoms with Crippen LogP contribution in [0.25, 0.3) is 10.9 Å². The Bertz CT molecular complexity index is 509. The zero-order chi connectivity index (χ0) is 11.5. The molecule has 16 heavy (non-hydrogen) atoms. The SMILES string of the molecule is CCCNc1cc(C)nc2ccc(Cl)cc12. The summed E-state index contributed by atoms with van der Waals surface area (Å²) in [5, 5.41) is 5.24. The summed E-state index contributed by atoms with van der Waals surface area (Å²) in [5.74, 6) is 0. The lowest BCUT2D eigenvalue weighted by Crippen LogP contribution is -2.01. The molecule has 1 heterocycles. The smallest absolute Gasteiger partial charge is 0.0726 e. The number of nitrogens with zero attached hydrogens (tertiary/aromatic N) is 1. The Labute approximate surface area is 101 Å². The topological polar surface area (TPSA) is 24.9 Å². The van der Waals surface area contributed by atoms with Crippen molar-refractivity contribution in [3.8, 4) is 0 Å². The van der Waals surface area contributed by atoms with E-state index in [4.69, 9.17) is 11.6 Å². The lowest BCUT2D eigenvalue weighted by atomic mass is 10.1. The third kappa shape index (κ3) is 2.27. The molecule has 0 aliphatic carbocycles. The summed E-state index contributed by atoms with van der Waals surface area (Å²) in [7, 11) is 0. The van der Waals surface area contributed by atoms with Crippen LogP contribution in [0.4, 0.5) is 5.69 Å². The quantitative estimate of drug-likeness (QED) is 0.868. The first-order valence-corrected chi connectivity index (χ1v) is 5.89. The minimum absolute atomic E-state index is 0.748. The van der Waals surface area contributed by atoms with Gasteiger partial charge in [0.1, 0.15) is 0 Å². The lowest BCUT2D eigenvalue weighted by Gasteiger charge is -2.10. The van der Waals surface area contributed by atoms with Crippen LogP contribution in [0.15, 0.2) is 24.3 Å². The maximum atomic E-state index is 6.01. The largest absolute Gasteiger partial charge is 0.384 e. The third-order valence-electron chi connectivity index (χ3n) is 2.46. The minimum atomic E-state index is 0.748. The van der Waals surface area contributed by atoms with Gasteiger partial charge < -0.3 is 5.32 Å².